The molecule has 0 aliphatic carbocycles. The van der Waals surface area contributed by atoms with E-state index in [2.05, 4.69) is 6.07 Å². The molecule has 0 fully saturated rings. The Bertz CT molecular complexity index is 587. The highest BCUT2D eigenvalue weighted by Gasteiger charge is 1.96. The lowest BCUT2D eigenvalue weighted by Gasteiger charge is -1.96. The number of allylic oxidation sites excluding steroid dienone is 3. The van der Waals surface area contributed by atoms with Crippen molar-refractivity contribution >= 4 is 11.6 Å². The van der Waals surface area contributed by atoms with E-state index in [1.54, 1.807) is 0 Å². The van der Waals surface area contributed by atoms with Gasteiger partial charge in [0.15, 0.2) is 0 Å². The molecule has 0 unspecified atom stereocenters. The molecule has 0 aliphatic rings. The van der Waals surface area contributed by atoms with Gasteiger partial charge in [0, 0.05) is 0 Å². The molecule has 0 amide bonds. The minimum absolute atomic E-state index is 0.669. The second kappa shape index (κ2) is 6.22. The van der Waals surface area contributed by atoms with E-state index in [9.17, 15) is 0 Å². The third-order valence-corrected chi connectivity index (χ3v) is 2.56. The fraction of sp³-hybridized carbons (Fsp3) is 0. The minimum atomic E-state index is 0.669. The normalized spacial score (nSPS) is 11.4. The molecule has 0 N–H and O–H groups in total. The lowest BCUT2D eigenvalue weighted by Crippen LogP contribution is -1.78. The Morgan fingerprint density at radius 3 is 2.11 bits per heavy atom. The number of rotatable bonds is 3. The van der Waals surface area contributed by atoms with Crippen LogP contribution in [0.1, 0.15) is 11.1 Å². The number of hydrogen-bond donors (Lipinski definition) is 0. The van der Waals surface area contributed by atoms with Crippen molar-refractivity contribution in [3.8, 4) is 6.07 Å². The summed E-state index contributed by atoms with van der Waals surface area (Å²) < 4.78 is 0. The van der Waals surface area contributed by atoms with Crippen LogP contribution in [0.3, 0.4) is 0 Å². The molecule has 1 nitrogen and oxygen atoms in total. The van der Waals surface area contributed by atoms with Crippen molar-refractivity contribution in [3.05, 3.63) is 83.9 Å². The average molecular weight is 231 g/mol. The van der Waals surface area contributed by atoms with Crippen LogP contribution in [-0.4, -0.2) is 0 Å². The third kappa shape index (κ3) is 3.20. The lowest BCUT2D eigenvalue weighted by atomic mass is 10.1. The molecule has 1 heteroatoms. The summed E-state index contributed by atoms with van der Waals surface area (Å²) in [6, 6.07) is 21.9. The van der Waals surface area contributed by atoms with Gasteiger partial charge in [-0.2, -0.15) is 5.26 Å². The maximum atomic E-state index is 9.12. The SMILES string of the molecule is N#C/C(=C\C=C\c1ccccc1)c1ccccc1. The van der Waals surface area contributed by atoms with Crippen LogP contribution in [0, 0.1) is 11.3 Å². The monoisotopic (exact) mass is 231 g/mol. The third-order valence-electron chi connectivity index (χ3n) is 2.56. The molecule has 86 valence electrons. The Labute approximate surface area is 107 Å². The molecule has 0 aliphatic heterocycles. The van der Waals surface area contributed by atoms with Crippen LogP contribution in [0.4, 0.5) is 0 Å². The maximum absolute atomic E-state index is 9.12. The van der Waals surface area contributed by atoms with E-state index in [4.69, 9.17) is 5.26 Å². The van der Waals surface area contributed by atoms with Crippen molar-refractivity contribution in [1.82, 2.24) is 0 Å². The molecule has 0 heterocycles. The van der Waals surface area contributed by atoms with Gasteiger partial charge in [0.2, 0.25) is 0 Å². The molecule has 2 aromatic rings. The summed E-state index contributed by atoms with van der Waals surface area (Å²) >= 11 is 0. The van der Waals surface area contributed by atoms with Gasteiger partial charge in [-0.05, 0) is 17.2 Å². The molecule has 0 saturated carbocycles. The summed E-state index contributed by atoms with van der Waals surface area (Å²) in [4.78, 5) is 0. The van der Waals surface area contributed by atoms with Crippen LogP contribution in [0.25, 0.3) is 11.6 Å². The van der Waals surface area contributed by atoms with Crippen molar-refractivity contribution in [2.24, 2.45) is 0 Å². The zero-order valence-electron chi connectivity index (χ0n) is 9.95. The molecule has 0 spiro atoms. The van der Waals surface area contributed by atoms with E-state index in [-0.39, 0.29) is 0 Å². The Kier molecular flexibility index (Phi) is 4.11. The summed E-state index contributed by atoms with van der Waals surface area (Å²) in [6.45, 7) is 0. The quantitative estimate of drug-likeness (QED) is 0.570. The first-order valence-electron chi connectivity index (χ1n) is 5.79. The van der Waals surface area contributed by atoms with Crippen LogP contribution in [-0.2, 0) is 0 Å². The minimum Gasteiger partial charge on any atom is -0.192 e. The first-order valence-corrected chi connectivity index (χ1v) is 5.79. The fourth-order valence-corrected chi connectivity index (χ4v) is 1.64. The molecular formula is C17H13N. The Morgan fingerprint density at radius 2 is 1.50 bits per heavy atom. The molecule has 0 bridgehead atoms. The topological polar surface area (TPSA) is 23.8 Å². The Hall–Kier alpha value is -2.59. The van der Waals surface area contributed by atoms with E-state index >= 15 is 0 Å². The van der Waals surface area contributed by atoms with Gasteiger partial charge in [-0.1, -0.05) is 72.8 Å². The van der Waals surface area contributed by atoms with Crippen molar-refractivity contribution in [2.45, 2.75) is 0 Å². The summed E-state index contributed by atoms with van der Waals surface area (Å²) in [5.74, 6) is 0. The molecule has 0 radical (unpaired) electrons. The van der Waals surface area contributed by atoms with Crippen LogP contribution < -0.4 is 0 Å². The van der Waals surface area contributed by atoms with E-state index in [1.165, 1.54) is 0 Å². The summed E-state index contributed by atoms with van der Waals surface area (Å²) in [5.41, 5.74) is 2.74. The van der Waals surface area contributed by atoms with Crippen molar-refractivity contribution < 1.29 is 0 Å². The van der Waals surface area contributed by atoms with Gasteiger partial charge in [-0.25, -0.2) is 0 Å². The van der Waals surface area contributed by atoms with E-state index < -0.39 is 0 Å². The molecule has 0 atom stereocenters. The highest BCUT2D eigenvalue weighted by atomic mass is 14.2. The van der Waals surface area contributed by atoms with Gasteiger partial charge in [0.1, 0.15) is 0 Å². The van der Waals surface area contributed by atoms with Crippen molar-refractivity contribution in [2.75, 3.05) is 0 Å². The van der Waals surface area contributed by atoms with Gasteiger partial charge in [-0.15, -0.1) is 0 Å². The smallest absolute Gasteiger partial charge is 0.0997 e. The van der Waals surface area contributed by atoms with Crippen LogP contribution in [0.15, 0.2) is 72.8 Å². The van der Waals surface area contributed by atoms with Crippen molar-refractivity contribution in [3.63, 3.8) is 0 Å². The van der Waals surface area contributed by atoms with Crippen LogP contribution >= 0.6 is 0 Å². The predicted octanol–water partition coefficient (Wildman–Crippen LogP) is 4.31. The largest absolute Gasteiger partial charge is 0.192 e. The summed E-state index contributed by atoms with van der Waals surface area (Å²) in [7, 11) is 0. The van der Waals surface area contributed by atoms with Crippen molar-refractivity contribution in [1.29, 1.82) is 5.26 Å². The summed E-state index contributed by atoms with van der Waals surface area (Å²) in [5, 5.41) is 9.12. The zero-order valence-corrected chi connectivity index (χ0v) is 9.95. The lowest BCUT2D eigenvalue weighted by molar-refractivity contribution is 1.52. The molecule has 2 rings (SSSR count). The zero-order chi connectivity index (χ0) is 12.6. The molecular weight excluding hydrogens is 218 g/mol. The first kappa shape index (κ1) is 11.9. The second-order valence-corrected chi connectivity index (χ2v) is 3.83. The molecule has 0 saturated heterocycles. The standard InChI is InChI=1S/C17H13N/c18-14-17(16-11-5-2-6-12-16)13-7-10-15-8-3-1-4-9-15/h1-13H/b10-7+,17-13+. The van der Waals surface area contributed by atoms with E-state index in [0.29, 0.717) is 5.57 Å². The number of benzene rings is 2. The van der Waals surface area contributed by atoms with Gasteiger partial charge >= 0.3 is 0 Å². The molecule has 18 heavy (non-hydrogen) atoms. The second-order valence-electron chi connectivity index (χ2n) is 3.83. The number of nitriles is 1. The highest BCUT2D eigenvalue weighted by molar-refractivity contribution is 5.78. The average Bonchev–Trinajstić information content (AvgIpc) is 2.46. The predicted molar refractivity (Wildman–Crippen MR) is 75.5 cm³/mol. The highest BCUT2D eigenvalue weighted by Crippen LogP contribution is 2.13. The van der Waals surface area contributed by atoms with Crippen LogP contribution in [0.2, 0.25) is 0 Å². The first-order chi connectivity index (χ1) is 8.90. The van der Waals surface area contributed by atoms with E-state index in [0.717, 1.165) is 11.1 Å². The summed E-state index contributed by atoms with van der Waals surface area (Å²) in [6.07, 6.45) is 5.73. The number of hydrogen-bond acceptors (Lipinski definition) is 1. The number of nitrogens with zero attached hydrogens (tertiary/aromatic N) is 1. The molecule has 2 aromatic carbocycles. The Morgan fingerprint density at radius 1 is 0.889 bits per heavy atom. The Balaban J connectivity index is 2.18. The van der Waals surface area contributed by atoms with E-state index in [1.807, 2.05) is 78.9 Å². The molecule has 0 aromatic heterocycles. The maximum Gasteiger partial charge on any atom is 0.0997 e. The fourth-order valence-electron chi connectivity index (χ4n) is 1.64. The van der Waals surface area contributed by atoms with Gasteiger partial charge in [-0.3, -0.25) is 0 Å². The van der Waals surface area contributed by atoms with Crippen LogP contribution in [0.5, 0.6) is 0 Å². The van der Waals surface area contributed by atoms with Gasteiger partial charge in [0.25, 0.3) is 0 Å². The van der Waals surface area contributed by atoms with Gasteiger partial charge in [0.05, 0.1) is 11.6 Å². The van der Waals surface area contributed by atoms with Gasteiger partial charge < -0.3 is 0 Å².